The zero-order valence-electron chi connectivity index (χ0n) is 29.6. The summed E-state index contributed by atoms with van der Waals surface area (Å²) in [6.45, 7) is 4.20. The van der Waals surface area contributed by atoms with Gasteiger partial charge in [-0.3, -0.25) is 13.8 Å². The summed E-state index contributed by atoms with van der Waals surface area (Å²) in [6, 6.07) is -0.765. The topological polar surface area (TPSA) is 131 Å². The van der Waals surface area contributed by atoms with E-state index < -0.39 is 20.0 Å². The Morgan fingerprint density at radius 1 is 0.644 bits per heavy atom. The fourth-order valence-electron chi connectivity index (χ4n) is 5.78. The van der Waals surface area contributed by atoms with Crippen LogP contribution in [0.2, 0.25) is 0 Å². The number of amides is 1. The van der Waals surface area contributed by atoms with Crippen molar-refractivity contribution in [1.29, 1.82) is 0 Å². The van der Waals surface area contributed by atoms with Crippen LogP contribution in [0.1, 0.15) is 194 Å². The number of aliphatic hydroxyl groups is 1. The lowest BCUT2D eigenvalue weighted by Crippen LogP contribution is -2.46. The van der Waals surface area contributed by atoms with Crippen LogP contribution in [-0.2, 0) is 18.4 Å². The summed E-state index contributed by atoms with van der Waals surface area (Å²) in [5, 5.41) is 13.7. The minimum absolute atomic E-state index is 0.0921. The van der Waals surface area contributed by atoms with E-state index >= 15 is 0 Å². The van der Waals surface area contributed by atoms with Crippen LogP contribution in [0.5, 0.6) is 0 Å². The molecule has 0 aliphatic heterocycles. The molecule has 0 aliphatic carbocycles. The lowest BCUT2D eigenvalue weighted by atomic mass is 10.0. The van der Waals surface area contributed by atoms with Gasteiger partial charge in [-0.2, -0.15) is 0 Å². The second-order valence-electron chi connectivity index (χ2n) is 13.2. The van der Waals surface area contributed by atoms with Crippen LogP contribution in [0.4, 0.5) is 0 Å². The van der Waals surface area contributed by atoms with Crippen molar-refractivity contribution in [2.24, 2.45) is 5.73 Å². The van der Waals surface area contributed by atoms with E-state index in [0.717, 1.165) is 38.5 Å². The third kappa shape index (κ3) is 31.8. The van der Waals surface area contributed by atoms with Crippen molar-refractivity contribution in [2.75, 3.05) is 19.8 Å². The zero-order valence-corrected chi connectivity index (χ0v) is 30.5. The number of hydrogen-bond acceptors (Lipinski definition) is 6. The van der Waals surface area contributed by atoms with Crippen LogP contribution in [-0.4, -0.2) is 47.8 Å². The first-order chi connectivity index (χ1) is 21.9. The van der Waals surface area contributed by atoms with E-state index in [1.807, 2.05) is 0 Å². The van der Waals surface area contributed by atoms with E-state index in [1.54, 1.807) is 0 Å². The maximum Gasteiger partial charge on any atom is 0.472 e. The van der Waals surface area contributed by atoms with Crippen molar-refractivity contribution in [1.82, 2.24) is 5.32 Å². The molecule has 0 aromatic rings. The van der Waals surface area contributed by atoms with Gasteiger partial charge in [-0.1, -0.05) is 174 Å². The van der Waals surface area contributed by atoms with E-state index in [-0.39, 0.29) is 25.7 Å². The molecule has 9 heteroatoms. The molecule has 0 aliphatic rings. The third-order valence-electron chi connectivity index (χ3n) is 8.71. The van der Waals surface area contributed by atoms with Gasteiger partial charge in [0.05, 0.1) is 25.4 Å². The van der Waals surface area contributed by atoms with Crippen molar-refractivity contribution >= 4 is 13.7 Å². The summed E-state index contributed by atoms with van der Waals surface area (Å²) in [6.07, 6.45) is 32.4. The predicted molar refractivity (Wildman–Crippen MR) is 189 cm³/mol. The van der Waals surface area contributed by atoms with Gasteiger partial charge in [-0.15, -0.1) is 0 Å². The highest BCUT2D eigenvalue weighted by Gasteiger charge is 2.27. The molecule has 0 bridgehead atoms. The fourth-order valence-corrected chi connectivity index (χ4v) is 6.54. The summed E-state index contributed by atoms with van der Waals surface area (Å²) in [5.41, 5.74) is 5.36. The molecule has 0 aromatic heterocycles. The first-order valence-electron chi connectivity index (χ1n) is 19.2. The number of phosphoric acid groups is 1. The first-order valence-corrected chi connectivity index (χ1v) is 20.6. The molecule has 0 saturated heterocycles. The van der Waals surface area contributed by atoms with Gasteiger partial charge < -0.3 is 21.1 Å². The van der Waals surface area contributed by atoms with Crippen LogP contribution in [0, 0.1) is 0 Å². The predicted octanol–water partition coefficient (Wildman–Crippen LogP) is 9.89. The molecule has 0 saturated carbocycles. The van der Waals surface area contributed by atoms with Gasteiger partial charge in [0.1, 0.15) is 0 Å². The highest BCUT2D eigenvalue weighted by atomic mass is 31.2. The molecule has 45 heavy (non-hydrogen) atoms. The summed E-state index contributed by atoms with van der Waals surface area (Å²) in [5.74, 6) is -0.160. The molecule has 0 aromatic carbocycles. The second-order valence-corrected chi connectivity index (χ2v) is 14.6. The van der Waals surface area contributed by atoms with Gasteiger partial charge in [0.15, 0.2) is 0 Å². The number of nitrogens with one attached hydrogen (secondary N) is 1. The minimum Gasteiger partial charge on any atom is -0.391 e. The summed E-state index contributed by atoms with van der Waals surface area (Å²) < 4.78 is 22.1. The molecular formula is C36H75N2O6P. The Labute approximate surface area is 278 Å². The molecule has 5 N–H and O–H groups in total. The first kappa shape index (κ1) is 44.5. The van der Waals surface area contributed by atoms with Crippen molar-refractivity contribution in [3.63, 3.8) is 0 Å². The molecule has 0 spiro atoms. The molecule has 3 atom stereocenters. The molecule has 0 rings (SSSR count). The maximum atomic E-state index is 12.7. The number of phosphoric ester groups is 1. The average molecular weight is 663 g/mol. The van der Waals surface area contributed by atoms with E-state index in [1.165, 1.54) is 128 Å². The highest BCUT2D eigenvalue weighted by Crippen LogP contribution is 2.43. The number of nitrogens with two attached hydrogens (primary N) is 1. The van der Waals surface area contributed by atoms with Gasteiger partial charge in [0.2, 0.25) is 5.91 Å². The van der Waals surface area contributed by atoms with Crippen LogP contribution >= 0.6 is 7.82 Å². The van der Waals surface area contributed by atoms with Crippen LogP contribution in [0.15, 0.2) is 0 Å². The van der Waals surface area contributed by atoms with Crippen molar-refractivity contribution in [2.45, 2.75) is 206 Å². The maximum absolute atomic E-state index is 12.7. The Hall–Kier alpha value is -0.500. The Balaban J connectivity index is 4.19. The monoisotopic (exact) mass is 663 g/mol. The third-order valence-corrected chi connectivity index (χ3v) is 9.70. The number of rotatable bonds is 36. The number of aliphatic hydroxyl groups excluding tert-OH is 1. The normalized spacial score (nSPS) is 14.3. The van der Waals surface area contributed by atoms with E-state index in [2.05, 4.69) is 19.2 Å². The van der Waals surface area contributed by atoms with Gasteiger partial charge in [-0.25, -0.2) is 4.57 Å². The summed E-state index contributed by atoms with van der Waals surface area (Å²) in [7, 11) is -4.30. The Morgan fingerprint density at radius 2 is 1.02 bits per heavy atom. The van der Waals surface area contributed by atoms with E-state index in [9.17, 15) is 19.4 Å². The Bertz CT molecular complexity index is 684. The molecular weight excluding hydrogens is 587 g/mol. The van der Waals surface area contributed by atoms with E-state index in [0.29, 0.717) is 12.8 Å². The number of hydrogen-bond donors (Lipinski definition) is 4. The molecule has 0 heterocycles. The Morgan fingerprint density at radius 3 is 1.42 bits per heavy atom. The fraction of sp³-hybridized carbons (Fsp3) is 0.972. The van der Waals surface area contributed by atoms with Crippen molar-refractivity contribution in [3.8, 4) is 0 Å². The number of carbonyl (C=O) groups is 1. The van der Waals surface area contributed by atoms with E-state index in [4.69, 9.17) is 14.8 Å². The molecule has 8 nitrogen and oxygen atoms in total. The second kappa shape index (κ2) is 33.4. The quantitative estimate of drug-likeness (QED) is 0.0388. The Kier molecular flexibility index (Phi) is 33.0. The summed E-state index contributed by atoms with van der Waals surface area (Å²) >= 11 is 0. The number of carbonyl (C=O) groups excluding carboxylic acids is 1. The number of unbranched alkanes of at least 4 members (excludes halogenated alkanes) is 24. The standard InChI is InChI=1S/C36H75N2O6P/c1-3-5-7-9-11-13-15-16-17-18-20-22-24-26-28-30-36(40)38-34(33-44-45(41,42)43-32-31-37)35(39)29-27-25-23-21-19-14-12-10-8-6-4-2/h34-35,39H,3-33,37H2,1-2H3,(H,38,40)(H,41,42)/t34-,35+/m0/s1. The molecule has 0 fully saturated rings. The van der Waals surface area contributed by atoms with Crippen molar-refractivity contribution in [3.05, 3.63) is 0 Å². The van der Waals surface area contributed by atoms with Crippen LogP contribution < -0.4 is 11.1 Å². The van der Waals surface area contributed by atoms with Crippen LogP contribution in [0.3, 0.4) is 0 Å². The van der Waals surface area contributed by atoms with Crippen molar-refractivity contribution < 1.29 is 28.4 Å². The smallest absolute Gasteiger partial charge is 0.391 e. The SMILES string of the molecule is CCCCCCCCCCCCCCCCCC(=O)N[C@@H](COP(=O)(O)OCCN)[C@H](O)CCCCCCCCCCCCC. The molecule has 1 amide bonds. The largest absolute Gasteiger partial charge is 0.472 e. The molecule has 0 radical (unpaired) electrons. The lowest BCUT2D eigenvalue weighted by Gasteiger charge is -2.25. The zero-order chi connectivity index (χ0) is 33.3. The van der Waals surface area contributed by atoms with Gasteiger partial charge in [-0.05, 0) is 12.8 Å². The minimum atomic E-state index is -4.30. The average Bonchev–Trinajstić information content (AvgIpc) is 3.02. The molecule has 1 unspecified atom stereocenters. The summed E-state index contributed by atoms with van der Waals surface area (Å²) in [4.78, 5) is 22.6. The highest BCUT2D eigenvalue weighted by molar-refractivity contribution is 7.47. The lowest BCUT2D eigenvalue weighted by molar-refractivity contribution is -0.123. The van der Waals surface area contributed by atoms with Crippen LogP contribution in [0.25, 0.3) is 0 Å². The molecule has 270 valence electrons. The van der Waals surface area contributed by atoms with Gasteiger partial charge >= 0.3 is 7.82 Å². The van der Waals surface area contributed by atoms with Gasteiger partial charge in [0, 0.05) is 13.0 Å². The van der Waals surface area contributed by atoms with Gasteiger partial charge in [0.25, 0.3) is 0 Å².